The summed E-state index contributed by atoms with van der Waals surface area (Å²) in [5.74, 6) is 0.836. The van der Waals surface area contributed by atoms with E-state index in [0.29, 0.717) is 38.5 Å². The molecule has 0 spiro atoms. The molecule has 3 aromatic rings. The molecule has 0 bridgehead atoms. The van der Waals surface area contributed by atoms with E-state index < -0.39 is 0 Å². The number of fused-ring (bicyclic) bond motifs is 1. The molecule has 3 heterocycles. The number of benzene rings is 1. The molecular formula is C19H21N5O2. The highest BCUT2D eigenvalue weighted by atomic mass is 16.5. The Hall–Kier alpha value is -2.80. The molecule has 1 aliphatic heterocycles. The van der Waals surface area contributed by atoms with Gasteiger partial charge in [-0.2, -0.15) is 0 Å². The predicted molar refractivity (Wildman–Crippen MR) is 96.4 cm³/mol. The van der Waals surface area contributed by atoms with Crippen molar-refractivity contribution in [1.29, 1.82) is 0 Å². The normalized spacial score (nSPS) is 17.6. The predicted octanol–water partition coefficient (Wildman–Crippen LogP) is 2.12. The maximum absolute atomic E-state index is 12.7. The van der Waals surface area contributed by atoms with Crippen LogP contribution in [0.4, 0.5) is 0 Å². The molecule has 1 fully saturated rings. The Morgan fingerprint density at radius 2 is 2.15 bits per heavy atom. The van der Waals surface area contributed by atoms with Gasteiger partial charge in [-0.3, -0.25) is 4.79 Å². The molecule has 1 amide bonds. The average Bonchev–Trinajstić information content (AvgIpc) is 3.09. The van der Waals surface area contributed by atoms with Crippen LogP contribution in [0, 0.1) is 6.92 Å². The number of morpholine rings is 1. The smallest absolute Gasteiger partial charge is 0.224 e. The fourth-order valence-corrected chi connectivity index (χ4v) is 3.27. The standard InChI is InChI=1S/C19H21N5O2/c1-14-20-8-6-16(22-14)18-12-23(10-11-26-18)19(25)7-9-24-13-21-15-4-2-3-5-17(15)24/h2-6,8,13,18H,7,9-12H2,1H3/t18-/m1/s1. The SMILES string of the molecule is Cc1nccc([C@H]2CN(C(=O)CCn3cnc4ccccc43)CCO2)n1. The van der Waals surface area contributed by atoms with E-state index in [-0.39, 0.29) is 12.0 Å². The third-order valence-corrected chi connectivity index (χ3v) is 4.64. The summed E-state index contributed by atoms with van der Waals surface area (Å²) >= 11 is 0. The highest BCUT2D eigenvalue weighted by molar-refractivity contribution is 5.77. The first-order chi connectivity index (χ1) is 12.7. The quantitative estimate of drug-likeness (QED) is 0.720. The first-order valence-electron chi connectivity index (χ1n) is 8.79. The van der Waals surface area contributed by atoms with Gasteiger partial charge in [0.25, 0.3) is 0 Å². The Bertz CT molecular complexity index is 923. The van der Waals surface area contributed by atoms with Gasteiger partial charge in [0.1, 0.15) is 11.9 Å². The minimum atomic E-state index is -0.191. The van der Waals surface area contributed by atoms with Crippen molar-refractivity contribution in [3.63, 3.8) is 0 Å². The average molecular weight is 351 g/mol. The second-order valence-electron chi connectivity index (χ2n) is 6.40. The molecule has 1 aliphatic rings. The number of aromatic nitrogens is 4. The van der Waals surface area contributed by atoms with Crippen LogP contribution in [-0.4, -0.2) is 50.0 Å². The first-order valence-corrected chi connectivity index (χ1v) is 8.79. The van der Waals surface area contributed by atoms with Crippen molar-refractivity contribution in [2.24, 2.45) is 0 Å². The molecule has 0 aliphatic carbocycles. The van der Waals surface area contributed by atoms with Crippen LogP contribution in [-0.2, 0) is 16.1 Å². The Balaban J connectivity index is 1.40. The second-order valence-corrected chi connectivity index (χ2v) is 6.40. The zero-order valence-corrected chi connectivity index (χ0v) is 14.7. The summed E-state index contributed by atoms with van der Waals surface area (Å²) in [7, 11) is 0. The molecule has 2 aromatic heterocycles. The first kappa shape index (κ1) is 16.7. The molecule has 7 nitrogen and oxygen atoms in total. The summed E-state index contributed by atoms with van der Waals surface area (Å²) in [6.45, 7) is 4.14. The summed E-state index contributed by atoms with van der Waals surface area (Å²) in [4.78, 5) is 27.5. The maximum Gasteiger partial charge on any atom is 0.224 e. The van der Waals surface area contributed by atoms with Gasteiger partial charge < -0.3 is 14.2 Å². The fraction of sp³-hybridized carbons (Fsp3) is 0.368. The molecule has 26 heavy (non-hydrogen) atoms. The molecule has 134 valence electrons. The van der Waals surface area contributed by atoms with Gasteiger partial charge in [0.2, 0.25) is 5.91 Å². The fourth-order valence-electron chi connectivity index (χ4n) is 3.27. The van der Waals surface area contributed by atoms with Crippen molar-refractivity contribution < 1.29 is 9.53 Å². The summed E-state index contributed by atoms with van der Waals surface area (Å²) in [6.07, 6.45) is 3.77. The van der Waals surface area contributed by atoms with E-state index >= 15 is 0 Å². The molecular weight excluding hydrogens is 330 g/mol. The van der Waals surface area contributed by atoms with Gasteiger partial charge in [0.05, 0.1) is 36.2 Å². The van der Waals surface area contributed by atoms with Gasteiger partial charge in [-0.25, -0.2) is 15.0 Å². The summed E-state index contributed by atoms with van der Waals surface area (Å²) < 4.78 is 7.83. The van der Waals surface area contributed by atoms with Crippen LogP contribution < -0.4 is 0 Å². The number of carbonyl (C=O) groups is 1. The molecule has 1 aromatic carbocycles. The summed E-state index contributed by atoms with van der Waals surface area (Å²) in [5, 5.41) is 0. The van der Waals surface area contributed by atoms with Crippen molar-refractivity contribution in [2.75, 3.05) is 19.7 Å². The molecule has 7 heteroatoms. The van der Waals surface area contributed by atoms with Gasteiger partial charge in [-0.05, 0) is 25.1 Å². The minimum Gasteiger partial charge on any atom is -0.368 e. The third kappa shape index (κ3) is 3.43. The van der Waals surface area contributed by atoms with E-state index in [1.807, 2.05) is 46.7 Å². The van der Waals surface area contributed by atoms with Crippen LogP contribution in [0.5, 0.6) is 0 Å². The lowest BCUT2D eigenvalue weighted by Gasteiger charge is -2.32. The monoisotopic (exact) mass is 351 g/mol. The van der Waals surface area contributed by atoms with Crippen LogP contribution >= 0.6 is 0 Å². The van der Waals surface area contributed by atoms with Crippen molar-refractivity contribution in [2.45, 2.75) is 26.0 Å². The minimum absolute atomic E-state index is 0.127. The lowest BCUT2D eigenvalue weighted by Crippen LogP contribution is -2.42. The molecule has 0 unspecified atom stereocenters. The van der Waals surface area contributed by atoms with E-state index in [1.54, 1.807) is 12.5 Å². The highest BCUT2D eigenvalue weighted by Gasteiger charge is 2.26. The zero-order chi connectivity index (χ0) is 17.9. The number of aryl methyl sites for hydroxylation is 2. The number of para-hydroxylation sites is 2. The molecule has 1 saturated heterocycles. The van der Waals surface area contributed by atoms with E-state index in [4.69, 9.17) is 4.74 Å². The number of nitrogens with zero attached hydrogens (tertiary/aromatic N) is 5. The number of carbonyl (C=O) groups excluding carboxylic acids is 1. The Morgan fingerprint density at radius 3 is 3.04 bits per heavy atom. The van der Waals surface area contributed by atoms with Crippen LogP contribution in [0.2, 0.25) is 0 Å². The van der Waals surface area contributed by atoms with Crippen molar-refractivity contribution in [3.8, 4) is 0 Å². The molecule has 0 saturated carbocycles. The topological polar surface area (TPSA) is 73.1 Å². The second kappa shape index (κ2) is 7.21. The van der Waals surface area contributed by atoms with Gasteiger partial charge in [-0.15, -0.1) is 0 Å². The Morgan fingerprint density at radius 1 is 1.27 bits per heavy atom. The van der Waals surface area contributed by atoms with Gasteiger partial charge in [0.15, 0.2) is 0 Å². The van der Waals surface area contributed by atoms with E-state index in [0.717, 1.165) is 16.7 Å². The van der Waals surface area contributed by atoms with Crippen LogP contribution in [0.25, 0.3) is 11.0 Å². The van der Waals surface area contributed by atoms with Crippen LogP contribution in [0.1, 0.15) is 24.0 Å². The third-order valence-electron chi connectivity index (χ3n) is 4.64. The number of ether oxygens (including phenoxy) is 1. The zero-order valence-electron chi connectivity index (χ0n) is 14.7. The lowest BCUT2D eigenvalue weighted by molar-refractivity contribution is -0.139. The van der Waals surface area contributed by atoms with E-state index in [1.165, 1.54) is 0 Å². The van der Waals surface area contributed by atoms with Gasteiger partial charge in [0, 0.05) is 25.7 Å². The number of amides is 1. The lowest BCUT2D eigenvalue weighted by atomic mass is 10.2. The maximum atomic E-state index is 12.7. The number of imidazole rings is 1. The number of hydrogen-bond acceptors (Lipinski definition) is 5. The molecule has 0 radical (unpaired) electrons. The van der Waals surface area contributed by atoms with Crippen LogP contribution in [0.15, 0.2) is 42.9 Å². The van der Waals surface area contributed by atoms with Crippen molar-refractivity contribution in [3.05, 3.63) is 54.4 Å². The summed E-state index contributed by atoms with van der Waals surface area (Å²) in [5.41, 5.74) is 2.83. The van der Waals surface area contributed by atoms with Gasteiger partial charge >= 0.3 is 0 Å². The van der Waals surface area contributed by atoms with Crippen LogP contribution in [0.3, 0.4) is 0 Å². The number of rotatable bonds is 4. The highest BCUT2D eigenvalue weighted by Crippen LogP contribution is 2.21. The van der Waals surface area contributed by atoms with E-state index in [9.17, 15) is 4.79 Å². The Labute approximate surface area is 151 Å². The number of hydrogen-bond donors (Lipinski definition) is 0. The molecule has 0 N–H and O–H groups in total. The van der Waals surface area contributed by atoms with Crippen molar-refractivity contribution >= 4 is 16.9 Å². The van der Waals surface area contributed by atoms with Crippen molar-refractivity contribution in [1.82, 2.24) is 24.4 Å². The Kier molecular flexibility index (Phi) is 4.62. The van der Waals surface area contributed by atoms with Gasteiger partial charge in [-0.1, -0.05) is 12.1 Å². The largest absolute Gasteiger partial charge is 0.368 e. The molecule has 4 rings (SSSR count). The molecule has 1 atom stereocenters. The van der Waals surface area contributed by atoms with E-state index in [2.05, 4.69) is 15.0 Å². The summed E-state index contributed by atoms with van der Waals surface area (Å²) in [6, 6.07) is 9.80.